The fourth-order valence-electron chi connectivity index (χ4n) is 3.85. The van der Waals surface area contributed by atoms with Crippen LogP contribution in [0.15, 0.2) is 66.9 Å². The number of hydrogen-bond donors (Lipinski definition) is 1. The second-order valence-corrected chi connectivity index (χ2v) is 7.57. The van der Waals surface area contributed by atoms with Crippen molar-refractivity contribution in [2.75, 3.05) is 12.0 Å². The van der Waals surface area contributed by atoms with Crippen molar-refractivity contribution in [3.8, 4) is 11.5 Å². The van der Waals surface area contributed by atoms with Crippen molar-refractivity contribution in [3.63, 3.8) is 0 Å². The van der Waals surface area contributed by atoms with Crippen molar-refractivity contribution in [2.24, 2.45) is 0 Å². The Morgan fingerprint density at radius 3 is 2.44 bits per heavy atom. The van der Waals surface area contributed by atoms with E-state index < -0.39 is 5.97 Å². The number of aromatic nitrogens is 1. The zero-order chi connectivity index (χ0) is 22.5. The minimum Gasteiger partial charge on any atom is -0.493 e. The molecule has 4 rings (SSSR count). The highest BCUT2D eigenvalue weighted by molar-refractivity contribution is 6.10. The van der Waals surface area contributed by atoms with Crippen molar-refractivity contribution >= 4 is 23.3 Å². The number of rotatable bonds is 7. The fraction of sp³-hybridized carbons (Fsp3) is 0.240. The van der Waals surface area contributed by atoms with Crippen molar-refractivity contribution in [1.82, 2.24) is 4.98 Å². The Labute approximate surface area is 186 Å². The van der Waals surface area contributed by atoms with E-state index in [-0.39, 0.29) is 23.3 Å². The van der Waals surface area contributed by atoms with E-state index in [1.54, 1.807) is 61.8 Å². The highest BCUT2D eigenvalue weighted by Gasteiger charge is 2.24. The average Bonchev–Trinajstić information content (AvgIpc) is 3.33. The van der Waals surface area contributed by atoms with Crippen LogP contribution >= 0.6 is 0 Å². The van der Waals surface area contributed by atoms with E-state index in [4.69, 9.17) is 9.47 Å². The molecule has 1 aliphatic rings. The molecular formula is C25H24N2O5. The van der Waals surface area contributed by atoms with Gasteiger partial charge in [0.1, 0.15) is 5.69 Å². The lowest BCUT2D eigenvalue weighted by Crippen LogP contribution is -2.27. The van der Waals surface area contributed by atoms with Gasteiger partial charge in [0.05, 0.1) is 30.2 Å². The topological polar surface area (TPSA) is 89.0 Å². The molecule has 7 heteroatoms. The molecule has 3 aromatic rings. The number of aromatic carboxylic acids is 1. The molecule has 0 saturated heterocycles. The molecule has 7 nitrogen and oxygen atoms in total. The molecule has 0 radical (unpaired) electrons. The van der Waals surface area contributed by atoms with E-state index in [0.717, 1.165) is 25.7 Å². The monoisotopic (exact) mass is 432 g/mol. The number of pyridine rings is 1. The summed E-state index contributed by atoms with van der Waals surface area (Å²) in [5.41, 5.74) is 1.26. The largest absolute Gasteiger partial charge is 0.493 e. The molecule has 32 heavy (non-hydrogen) atoms. The number of methoxy groups -OCH3 is 1. The Morgan fingerprint density at radius 2 is 1.75 bits per heavy atom. The minimum atomic E-state index is -1.07. The Hall–Kier alpha value is -3.87. The minimum absolute atomic E-state index is 0.0808. The fourth-order valence-corrected chi connectivity index (χ4v) is 3.85. The van der Waals surface area contributed by atoms with Gasteiger partial charge >= 0.3 is 5.97 Å². The van der Waals surface area contributed by atoms with Gasteiger partial charge in [-0.2, -0.15) is 0 Å². The third-order valence-electron chi connectivity index (χ3n) is 5.44. The Kier molecular flexibility index (Phi) is 6.35. The van der Waals surface area contributed by atoms with Gasteiger partial charge in [0, 0.05) is 12.3 Å². The zero-order valence-electron chi connectivity index (χ0n) is 17.7. The second kappa shape index (κ2) is 9.51. The predicted molar refractivity (Wildman–Crippen MR) is 120 cm³/mol. The third-order valence-corrected chi connectivity index (χ3v) is 5.44. The summed E-state index contributed by atoms with van der Waals surface area (Å²) >= 11 is 0. The van der Waals surface area contributed by atoms with Gasteiger partial charge in [-0.3, -0.25) is 14.7 Å². The van der Waals surface area contributed by atoms with Gasteiger partial charge in [-0.1, -0.05) is 12.1 Å². The van der Waals surface area contributed by atoms with Gasteiger partial charge in [-0.25, -0.2) is 4.79 Å². The smallest absolute Gasteiger partial charge is 0.335 e. The molecule has 2 aromatic carbocycles. The molecule has 0 spiro atoms. The Balaban J connectivity index is 1.80. The molecular weight excluding hydrogens is 408 g/mol. The summed E-state index contributed by atoms with van der Waals surface area (Å²) < 4.78 is 11.7. The second-order valence-electron chi connectivity index (χ2n) is 7.57. The van der Waals surface area contributed by atoms with Gasteiger partial charge in [-0.05, 0) is 68.1 Å². The summed E-state index contributed by atoms with van der Waals surface area (Å²) in [5, 5.41) is 9.44. The first-order chi connectivity index (χ1) is 15.6. The molecule has 1 amide bonds. The number of hydrogen-bond acceptors (Lipinski definition) is 5. The number of amides is 1. The number of benzene rings is 2. The van der Waals surface area contributed by atoms with Crippen LogP contribution in [0.3, 0.4) is 0 Å². The van der Waals surface area contributed by atoms with Crippen molar-refractivity contribution < 1.29 is 24.2 Å². The molecule has 1 saturated carbocycles. The van der Waals surface area contributed by atoms with E-state index in [9.17, 15) is 14.7 Å². The lowest BCUT2D eigenvalue weighted by atomic mass is 10.1. The van der Waals surface area contributed by atoms with E-state index >= 15 is 0 Å². The summed E-state index contributed by atoms with van der Waals surface area (Å²) in [4.78, 5) is 30.6. The van der Waals surface area contributed by atoms with Crippen molar-refractivity contribution in [2.45, 2.75) is 31.8 Å². The number of carbonyl (C=O) groups excluding carboxylic acids is 1. The number of carboxylic acid groups (broad SMARTS) is 1. The van der Waals surface area contributed by atoms with Crippen LogP contribution < -0.4 is 14.4 Å². The normalized spacial score (nSPS) is 13.5. The Bertz CT molecular complexity index is 1110. The average molecular weight is 432 g/mol. The van der Waals surface area contributed by atoms with Crippen LogP contribution in [0.1, 0.15) is 46.5 Å². The first-order valence-electron chi connectivity index (χ1n) is 10.5. The lowest BCUT2D eigenvalue weighted by molar-refractivity contribution is 0.0696. The van der Waals surface area contributed by atoms with Crippen LogP contribution in [0.4, 0.5) is 11.4 Å². The summed E-state index contributed by atoms with van der Waals surface area (Å²) in [6.07, 6.45) is 5.85. The lowest BCUT2D eigenvalue weighted by Gasteiger charge is -2.25. The van der Waals surface area contributed by atoms with Crippen LogP contribution in [0.2, 0.25) is 0 Å². The highest BCUT2D eigenvalue weighted by atomic mass is 16.5. The molecule has 1 aromatic heterocycles. The van der Waals surface area contributed by atoms with Crippen molar-refractivity contribution in [3.05, 3.63) is 78.1 Å². The number of ether oxygens (including phenoxy) is 2. The first-order valence-corrected chi connectivity index (χ1v) is 10.5. The van der Waals surface area contributed by atoms with Crippen molar-refractivity contribution in [1.29, 1.82) is 0 Å². The zero-order valence-corrected chi connectivity index (χ0v) is 17.7. The highest BCUT2D eigenvalue weighted by Crippen LogP contribution is 2.37. The molecule has 1 N–H and O–H groups in total. The quantitative estimate of drug-likeness (QED) is 0.560. The first kappa shape index (κ1) is 21.4. The number of nitrogens with zero attached hydrogens (tertiary/aromatic N) is 2. The maximum Gasteiger partial charge on any atom is 0.335 e. The maximum absolute atomic E-state index is 13.5. The standard InChI is InChI=1S/C25H24N2O5/c1-31-22-13-12-19(16-23(22)32-20-9-2-3-10-20)27(24(28)21-11-4-5-14-26-21)18-8-6-7-17(15-18)25(29)30/h4-8,11-16,20H,2-3,9-10H2,1H3,(H,29,30). The maximum atomic E-state index is 13.5. The van der Waals surface area contributed by atoms with E-state index in [1.165, 1.54) is 17.0 Å². The summed E-state index contributed by atoms with van der Waals surface area (Å²) in [7, 11) is 1.57. The molecule has 0 atom stereocenters. The molecule has 0 bridgehead atoms. The van der Waals surface area contributed by atoms with Gasteiger partial charge in [0.2, 0.25) is 0 Å². The van der Waals surface area contributed by atoms with Crippen LogP contribution in [-0.2, 0) is 0 Å². The van der Waals surface area contributed by atoms with Crippen LogP contribution in [0, 0.1) is 0 Å². The van der Waals surface area contributed by atoms with E-state index in [1.807, 2.05) is 0 Å². The van der Waals surface area contributed by atoms with Gasteiger partial charge in [0.25, 0.3) is 5.91 Å². The summed E-state index contributed by atoms with van der Waals surface area (Å²) in [6, 6.07) is 16.6. The predicted octanol–water partition coefficient (Wildman–Crippen LogP) is 5.09. The van der Waals surface area contributed by atoms with Crippen LogP contribution in [0.5, 0.6) is 11.5 Å². The third kappa shape index (κ3) is 4.56. The molecule has 1 heterocycles. The number of carbonyl (C=O) groups is 2. The SMILES string of the molecule is COc1ccc(N(C(=O)c2ccccn2)c2cccc(C(=O)O)c2)cc1OC1CCCC1. The Morgan fingerprint density at radius 1 is 0.969 bits per heavy atom. The molecule has 0 aliphatic heterocycles. The summed E-state index contributed by atoms with van der Waals surface area (Å²) in [5.74, 6) is -0.336. The number of anilines is 2. The summed E-state index contributed by atoms with van der Waals surface area (Å²) in [6.45, 7) is 0. The molecule has 0 unspecified atom stereocenters. The van der Waals surface area contributed by atoms with Gasteiger partial charge in [-0.15, -0.1) is 0 Å². The van der Waals surface area contributed by atoms with E-state index in [2.05, 4.69) is 4.98 Å². The van der Waals surface area contributed by atoms with E-state index in [0.29, 0.717) is 22.9 Å². The number of carboxylic acids is 1. The molecule has 1 fully saturated rings. The molecule has 164 valence electrons. The van der Waals surface area contributed by atoms with Gasteiger partial charge < -0.3 is 14.6 Å². The van der Waals surface area contributed by atoms with Crippen LogP contribution in [0.25, 0.3) is 0 Å². The van der Waals surface area contributed by atoms with Gasteiger partial charge in [0.15, 0.2) is 11.5 Å². The van der Waals surface area contributed by atoms with Crippen LogP contribution in [-0.4, -0.2) is 35.2 Å². The molecule has 1 aliphatic carbocycles.